The smallest absolute Gasteiger partial charge is 0.387 e. The van der Waals surface area contributed by atoms with Crippen LogP contribution in [0.3, 0.4) is 0 Å². The zero-order valence-electron chi connectivity index (χ0n) is 13.0. The number of benzene rings is 1. The molecule has 3 N–H and O–H groups in total. The number of aromatic nitrogens is 1. The van der Waals surface area contributed by atoms with Crippen LogP contribution < -0.4 is 10.6 Å². The second-order valence-corrected chi connectivity index (χ2v) is 5.27. The Bertz CT molecular complexity index is 698. The second-order valence-electron chi connectivity index (χ2n) is 5.27. The van der Waals surface area contributed by atoms with Crippen molar-refractivity contribution in [2.75, 3.05) is 11.9 Å². The first kappa shape index (κ1) is 17.9. The van der Waals surface area contributed by atoms with E-state index in [1.54, 1.807) is 29.9 Å². The summed E-state index contributed by atoms with van der Waals surface area (Å²) in [5, 5.41) is 14.6. The molecule has 0 spiro atoms. The fraction of sp³-hybridized carbons (Fsp3) is 0.312. The van der Waals surface area contributed by atoms with Crippen LogP contribution in [0.4, 0.5) is 23.7 Å². The third-order valence-electron chi connectivity index (χ3n) is 3.51. The van der Waals surface area contributed by atoms with E-state index in [1.165, 1.54) is 18.2 Å². The quantitative estimate of drug-likeness (QED) is 0.781. The highest BCUT2D eigenvalue weighted by Crippen LogP contribution is 2.34. The first-order valence-electron chi connectivity index (χ1n) is 7.29. The summed E-state index contributed by atoms with van der Waals surface area (Å²) in [5.41, 5.74) is -0.533. The summed E-state index contributed by atoms with van der Waals surface area (Å²) in [6.45, 7) is 0.117. The van der Waals surface area contributed by atoms with Gasteiger partial charge in [0.15, 0.2) is 0 Å². The molecule has 1 aromatic heterocycles. The molecular weight excluding hydrogens is 323 g/mol. The lowest BCUT2D eigenvalue weighted by atomic mass is 10.1. The molecule has 2 rings (SSSR count). The van der Waals surface area contributed by atoms with Gasteiger partial charge in [0.2, 0.25) is 0 Å². The SMILES string of the molecule is Cn1cccc1C(O)CCNC(=O)Nc1ccccc1C(F)(F)F. The van der Waals surface area contributed by atoms with E-state index in [4.69, 9.17) is 0 Å². The number of halogens is 3. The number of urea groups is 1. The van der Waals surface area contributed by atoms with E-state index in [2.05, 4.69) is 10.6 Å². The molecule has 24 heavy (non-hydrogen) atoms. The number of carbonyl (C=O) groups excluding carboxylic acids is 1. The Morgan fingerprint density at radius 2 is 1.96 bits per heavy atom. The molecule has 0 bridgehead atoms. The van der Waals surface area contributed by atoms with Crippen molar-refractivity contribution >= 4 is 11.7 Å². The van der Waals surface area contributed by atoms with Gasteiger partial charge in [-0.3, -0.25) is 0 Å². The molecule has 0 radical (unpaired) electrons. The van der Waals surface area contributed by atoms with E-state index in [1.807, 2.05) is 0 Å². The van der Waals surface area contributed by atoms with E-state index in [0.29, 0.717) is 5.69 Å². The highest BCUT2D eigenvalue weighted by atomic mass is 19.4. The number of hydrogen-bond donors (Lipinski definition) is 3. The van der Waals surface area contributed by atoms with Crippen LogP contribution in [0.2, 0.25) is 0 Å². The number of hydrogen-bond acceptors (Lipinski definition) is 2. The number of amides is 2. The molecule has 0 saturated heterocycles. The van der Waals surface area contributed by atoms with Crippen molar-refractivity contribution in [3.8, 4) is 0 Å². The van der Waals surface area contributed by atoms with Crippen molar-refractivity contribution in [3.63, 3.8) is 0 Å². The van der Waals surface area contributed by atoms with Gasteiger partial charge >= 0.3 is 12.2 Å². The maximum atomic E-state index is 12.8. The van der Waals surface area contributed by atoms with Gasteiger partial charge in [-0.15, -0.1) is 0 Å². The molecule has 8 heteroatoms. The third-order valence-corrected chi connectivity index (χ3v) is 3.51. The molecule has 2 aromatic rings. The van der Waals surface area contributed by atoms with Crippen molar-refractivity contribution in [1.82, 2.24) is 9.88 Å². The molecule has 0 saturated carbocycles. The lowest BCUT2D eigenvalue weighted by molar-refractivity contribution is -0.136. The number of aliphatic hydroxyl groups excluding tert-OH is 1. The standard InChI is InChI=1S/C16H18F3N3O2/c1-22-10-4-7-13(22)14(23)8-9-20-15(24)21-12-6-3-2-5-11(12)16(17,18)19/h2-7,10,14,23H,8-9H2,1H3,(H2,20,21,24). The zero-order valence-corrected chi connectivity index (χ0v) is 13.0. The van der Waals surface area contributed by atoms with E-state index in [9.17, 15) is 23.1 Å². The molecule has 5 nitrogen and oxygen atoms in total. The first-order valence-corrected chi connectivity index (χ1v) is 7.29. The Hall–Kier alpha value is -2.48. The van der Waals surface area contributed by atoms with Crippen LogP contribution in [0.15, 0.2) is 42.6 Å². The summed E-state index contributed by atoms with van der Waals surface area (Å²) in [7, 11) is 1.78. The number of aliphatic hydroxyl groups is 1. The van der Waals surface area contributed by atoms with Gasteiger partial charge in [0.1, 0.15) is 0 Å². The number of alkyl halides is 3. The Morgan fingerprint density at radius 3 is 2.58 bits per heavy atom. The van der Waals surface area contributed by atoms with Gasteiger partial charge in [-0.25, -0.2) is 4.79 Å². The summed E-state index contributed by atoms with van der Waals surface area (Å²) in [6, 6.07) is 7.52. The minimum absolute atomic E-state index is 0.117. The van der Waals surface area contributed by atoms with Crippen LogP contribution in [0.5, 0.6) is 0 Å². The van der Waals surface area contributed by atoms with Gasteiger partial charge in [-0.05, 0) is 30.7 Å². The van der Waals surface area contributed by atoms with Gasteiger partial charge in [-0.2, -0.15) is 13.2 Å². The van der Waals surface area contributed by atoms with E-state index in [0.717, 1.165) is 6.07 Å². The van der Waals surface area contributed by atoms with Crippen molar-refractivity contribution in [1.29, 1.82) is 0 Å². The number of nitrogens with zero attached hydrogens (tertiary/aromatic N) is 1. The average Bonchev–Trinajstić information content (AvgIpc) is 2.93. The highest BCUT2D eigenvalue weighted by Gasteiger charge is 2.33. The van der Waals surface area contributed by atoms with Gasteiger partial charge < -0.3 is 20.3 Å². The van der Waals surface area contributed by atoms with Crippen LogP contribution >= 0.6 is 0 Å². The molecule has 1 atom stereocenters. The van der Waals surface area contributed by atoms with Crippen molar-refractivity contribution < 1.29 is 23.1 Å². The maximum absolute atomic E-state index is 12.8. The van der Waals surface area contributed by atoms with E-state index >= 15 is 0 Å². The normalized spacial score (nSPS) is 12.7. The minimum atomic E-state index is -4.55. The summed E-state index contributed by atoms with van der Waals surface area (Å²) >= 11 is 0. The van der Waals surface area contributed by atoms with Crippen LogP contribution in [-0.4, -0.2) is 22.2 Å². The Kier molecular flexibility index (Phi) is 5.50. The third kappa shape index (κ3) is 4.51. The molecule has 2 amide bonds. The largest absolute Gasteiger partial charge is 0.418 e. The lowest BCUT2D eigenvalue weighted by Gasteiger charge is -2.15. The van der Waals surface area contributed by atoms with Crippen LogP contribution in [0, 0.1) is 0 Å². The first-order chi connectivity index (χ1) is 11.3. The number of nitrogens with one attached hydrogen (secondary N) is 2. The number of carbonyl (C=O) groups is 1. The van der Waals surface area contributed by atoms with Gasteiger partial charge in [0.05, 0.1) is 17.4 Å². The second kappa shape index (κ2) is 7.39. The Labute approximate surface area is 137 Å². The average molecular weight is 341 g/mol. The molecule has 0 aliphatic carbocycles. The van der Waals surface area contributed by atoms with Crippen molar-refractivity contribution in [2.45, 2.75) is 18.7 Å². The number of rotatable bonds is 5. The van der Waals surface area contributed by atoms with Gasteiger partial charge in [0.25, 0.3) is 0 Å². The molecule has 1 unspecified atom stereocenters. The molecule has 1 heterocycles. The van der Waals surface area contributed by atoms with Crippen LogP contribution in [0.1, 0.15) is 23.8 Å². The Balaban J connectivity index is 1.87. The van der Waals surface area contributed by atoms with Gasteiger partial charge in [0, 0.05) is 25.5 Å². The van der Waals surface area contributed by atoms with Crippen LogP contribution in [-0.2, 0) is 13.2 Å². The van der Waals surface area contributed by atoms with Crippen molar-refractivity contribution in [3.05, 3.63) is 53.9 Å². The number of aryl methyl sites for hydroxylation is 1. The number of anilines is 1. The maximum Gasteiger partial charge on any atom is 0.418 e. The highest BCUT2D eigenvalue weighted by molar-refractivity contribution is 5.90. The van der Waals surface area contributed by atoms with E-state index in [-0.39, 0.29) is 18.7 Å². The predicted molar refractivity (Wildman–Crippen MR) is 83.5 cm³/mol. The molecular formula is C16H18F3N3O2. The molecule has 0 aliphatic rings. The minimum Gasteiger partial charge on any atom is -0.387 e. The predicted octanol–water partition coefficient (Wildman–Crippen LogP) is 3.29. The Morgan fingerprint density at radius 1 is 1.25 bits per heavy atom. The zero-order chi connectivity index (χ0) is 17.7. The van der Waals surface area contributed by atoms with E-state index < -0.39 is 23.9 Å². The summed E-state index contributed by atoms with van der Waals surface area (Å²) in [5.74, 6) is 0. The summed E-state index contributed by atoms with van der Waals surface area (Å²) < 4.78 is 40.3. The fourth-order valence-corrected chi connectivity index (χ4v) is 2.30. The van der Waals surface area contributed by atoms with Gasteiger partial charge in [-0.1, -0.05) is 12.1 Å². The fourth-order valence-electron chi connectivity index (χ4n) is 2.30. The molecule has 0 aliphatic heterocycles. The number of para-hydroxylation sites is 1. The summed E-state index contributed by atoms with van der Waals surface area (Å²) in [6.07, 6.45) is -3.29. The molecule has 130 valence electrons. The van der Waals surface area contributed by atoms with Crippen LogP contribution in [0.25, 0.3) is 0 Å². The molecule has 1 aromatic carbocycles. The topological polar surface area (TPSA) is 66.3 Å². The lowest BCUT2D eigenvalue weighted by Crippen LogP contribution is -2.31. The summed E-state index contributed by atoms with van der Waals surface area (Å²) in [4.78, 5) is 11.8. The monoisotopic (exact) mass is 341 g/mol. The molecule has 0 fully saturated rings. The van der Waals surface area contributed by atoms with Crippen molar-refractivity contribution in [2.24, 2.45) is 7.05 Å².